The van der Waals surface area contributed by atoms with Gasteiger partial charge >= 0.3 is 0 Å². The van der Waals surface area contributed by atoms with Crippen molar-refractivity contribution < 1.29 is 9.63 Å². The number of hydrogen-bond donors (Lipinski definition) is 1. The second-order valence-electron chi connectivity index (χ2n) is 3.85. The minimum atomic E-state index is -0.314. The van der Waals surface area contributed by atoms with E-state index in [1.807, 2.05) is 0 Å². The van der Waals surface area contributed by atoms with E-state index >= 15 is 0 Å². The normalized spacial score (nSPS) is 13.4. The summed E-state index contributed by atoms with van der Waals surface area (Å²) in [5.41, 5.74) is 0. The first-order chi connectivity index (χ1) is 7.08. The van der Waals surface area contributed by atoms with Crippen LogP contribution in [0.5, 0.6) is 0 Å². The highest BCUT2D eigenvalue weighted by Gasteiger charge is 2.08. The van der Waals surface area contributed by atoms with Gasteiger partial charge in [-0.25, -0.2) is 0 Å². The fourth-order valence-corrected chi connectivity index (χ4v) is 1.62. The van der Waals surface area contributed by atoms with Crippen molar-refractivity contribution in [1.29, 1.82) is 0 Å². The van der Waals surface area contributed by atoms with Crippen LogP contribution < -0.4 is 0 Å². The highest BCUT2D eigenvalue weighted by molar-refractivity contribution is 7.99. The van der Waals surface area contributed by atoms with Gasteiger partial charge in [-0.1, -0.05) is 19.0 Å². The van der Waals surface area contributed by atoms with Crippen LogP contribution in [0.25, 0.3) is 0 Å². The molecule has 0 saturated heterocycles. The average molecular weight is 230 g/mol. The summed E-state index contributed by atoms with van der Waals surface area (Å²) in [6.07, 6.45) is 1.00. The summed E-state index contributed by atoms with van der Waals surface area (Å²) >= 11 is 1.79. The first-order valence-corrected chi connectivity index (χ1v) is 6.24. The number of thioether (sulfide) groups is 1. The molecule has 86 valence electrons. The maximum absolute atomic E-state index is 9.10. The fourth-order valence-electron chi connectivity index (χ4n) is 1.02. The topological polar surface area (TPSA) is 59.2 Å². The first kappa shape index (κ1) is 12.5. The third-order valence-corrected chi connectivity index (χ3v) is 2.92. The summed E-state index contributed by atoms with van der Waals surface area (Å²) in [6, 6.07) is 0. The van der Waals surface area contributed by atoms with E-state index < -0.39 is 0 Å². The highest BCUT2D eigenvalue weighted by Crippen LogP contribution is 2.15. The molecule has 1 heterocycles. The minimum Gasteiger partial charge on any atom is -0.393 e. The molecule has 1 atom stereocenters. The Labute approximate surface area is 94.5 Å². The molecule has 1 unspecified atom stereocenters. The quantitative estimate of drug-likeness (QED) is 0.810. The Hall–Kier alpha value is -0.550. The molecule has 0 aliphatic carbocycles. The zero-order valence-corrected chi connectivity index (χ0v) is 10.3. The van der Waals surface area contributed by atoms with Gasteiger partial charge < -0.3 is 9.63 Å². The molecule has 1 N–H and O–H groups in total. The predicted octanol–water partition coefficient (Wildman–Crippen LogP) is 2.02. The van der Waals surface area contributed by atoms with E-state index in [4.69, 9.17) is 9.63 Å². The molecule has 0 radical (unpaired) electrons. The number of aryl methyl sites for hydroxylation is 1. The van der Waals surface area contributed by atoms with Gasteiger partial charge in [0.15, 0.2) is 5.82 Å². The lowest BCUT2D eigenvalue weighted by atomic mass is 10.2. The largest absolute Gasteiger partial charge is 0.393 e. The van der Waals surface area contributed by atoms with Crippen molar-refractivity contribution in [3.05, 3.63) is 11.7 Å². The van der Waals surface area contributed by atoms with E-state index in [0.29, 0.717) is 24.0 Å². The van der Waals surface area contributed by atoms with Gasteiger partial charge in [0.05, 0.1) is 11.9 Å². The summed E-state index contributed by atoms with van der Waals surface area (Å²) in [7, 11) is 0. The Morgan fingerprint density at radius 3 is 2.73 bits per heavy atom. The van der Waals surface area contributed by atoms with Crippen LogP contribution in [0.2, 0.25) is 0 Å². The van der Waals surface area contributed by atoms with Gasteiger partial charge in [-0.3, -0.25) is 0 Å². The summed E-state index contributed by atoms with van der Waals surface area (Å²) in [5, 5.41) is 13.6. The molecule has 15 heavy (non-hydrogen) atoms. The van der Waals surface area contributed by atoms with Gasteiger partial charge in [-0.05, 0) is 18.6 Å². The van der Waals surface area contributed by atoms with Crippen LogP contribution >= 0.6 is 11.8 Å². The van der Waals surface area contributed by atoms with E-state index in [9.17, 15) is 0 Å². The van der Waals surface area contributed by atoms with Crippen molar-refractivity contribution in [2.24, 2.45) is 0 Å². The highest BCUT2D eigenvalue weighted by atomic mass is 32.2. The zero-order valence-electron chi connectivity index (χ0n) is 9.43. The van der Waals surface area contributed by atoms with Gasteiger partial charge in [-0.2, -0.15) is 16.7 Å². The minimum absolute atomic E-state index is 0.314. The molecule has 0 aliphatic heterocycles. The zero-order chi connectivity index (χ0) is 11.3. The Morgan fingerprint density at radius 1 is 1.40 bits per heavy atom. The van der Waals surface area contributed by atoms with Crippen LogP contribution in [0.4, 0.5) is 0 Å². The lowest BCUT2D eigenvalue weighted by Gasteiger charge is -1.99. The number of rotatable bonds is 6. The number of nitrogens with zero attached hydrogens (tertiary/aromatic N) is 2. The van der Waals surface area contributed by atoms with E-state index in [1.165, 1.54) is 0 Å². The van der Waals surface area contributed by atoms with Crippen molar-refractivity contribution in [3.63, 3.8) is 0 Å². The maximum Gasteiger partial charge on any atom is 0.226 e. The van der Waals surface area contributed by atoms with Gasteiger partial charge in [0.2, 0.25) is 5.89 Å². The molecule has 0 bridgehead atoms. The lowest BCUT2D eigenvalue weighted by molar-refractivity contribution is 0.180. The van der Waals surface area contributed by atoms with Crippen LogP contribution in [-0.4, -0.2) is 26.6 Å². The fraction of sp³-hybridized carbons (Fsp3) is 0.800. The number of hydrogen-bond acceptors (Lipinski definition) is 5. The smallest absolute Gasteiger partial charge is 0.226 e. The molecule has 0 amide bonds. The molecular weight excluding hydrogens is 212 g/mol. The van der Waals surface area contributed by atoms with Gasteiger partial charge in [0, 0.05) is 6.42 Å². The lowest BCUT2D eigenvalue weighted by Crippen LogP contribution is -2.01. The predicted molar refractivity (Wildman–Crippen MR) is 60.7 cm³/mol. The Morgan fingerprint density at radius 2 is 2.13 bits per heavy atom. The van der Waals surface area contributed by atoms with Crippen molar-refractivity contribution >= 4 is 11.8 Å². The summed E-state index contributed by atoms with van der Waals surface area (Å²) in [6.45, 7) is 6.03. The van der Waals surface area contributed by atoms with Crippen LogP contribution in [0, 0.1) is 0 Å². The monoisotopic (exact) mass is 230 g/mol. The molecule has 5 heteroatoms. The third-order valence-electron chi connectivity index (χ3n) is 1.83. The second-order valence-corrected chi connectivity index (χ2v) is 5.42. The number of aliphatic hydroxyl groups is 1. The molecule has 1 aromatic heterocycles. The van der Waals surface area contributed by atoms with E-state index in [0.717, 1.165) is 11.6 Å². The third kappa shape index (κ3) is 5.18. The van der Waals surface area contributed by atoms with E-state index in [1.54, 1.807) is 18.7 Å². The van der Waals surface area contributed by atoms with Crippen LogP contribution in [0.3, 0.4) is 0 Å². The Kier molecular flexibility index (Phi) is 5.11. The number of aromatic nitrogens is 2. The SMILES string of the molecule is CC(O)CCc1nc(CSC(C)C)no1. The van der Waals surface area contributed by atoms with E-state index in [-0.39, 0.29) is 6.10 Å². The molecule has 0 aliphatic rings. The molecule has 0 aromatic carbocycles. The average Bonchev–Trinajstić information content (AvgIpc) is 2.59. The summed E-state index contributed by atoms with van der Waals surface area (Å²) in [4.78, 5) is 4.24. The van der Waals surface area contributed by atoms with Crippen LogP contribution in [0.15, 0.2) is 4.52 Å². The second kappa shape index (κ2) is 6.12. The molecule has 0 spiro atoms. The van der Waals surface area contributed by atoms with Crippen molar-refractivity contribution in [1.82, 2.24) is 10.1 Å². The molecule has 1 rings (SSSR count). The molecule has 0 fully saturated rings. The summed E-state index contributed by atoms with van der Waals surface area (Å²) < 4.78 is 5.06. The molecule has 0 saturated carbocycles. The molecule has 4 nitrogen and oxygen atoms in total. The molecule has 1 aromatic rings. The van der Waals surface area contributed by atoms with E-state index in [2.05, 4.69) is 24.0 Å². The van der Waals surface area contributed by atoms with Crippen molar-refractivity contribution in [2.45, 2.75) is 50.7 Å². The number of aliphatic hydroxyl groups excluding tert-OH is 1. The first-order valence-electron chi connectivity index (χ1n) is 5.19. The Bertz CT molecular complexity index is 260. The van der Waals surface area contributed by atoms with Gasteiger partial charge in [0.1, 0.15) is 0 Å². The van der Waals surface area contributed by atoms with Crippen LogP contribution in [0.1, 0.15) is 38.9 Å². The van der Waals surface area contributed by atoms with Gasteiger partial charge in [0.25, 0.3) is 0 Å². The van der Waals surface area contributed by atoms with Crippen LogP contribution in [-0.2, 0) is 12.2 Å². The Balaban J connectivity index is 2.35. The van der Waals surface area contributed by atoms with Crippen molar-refractivity contribution in [2.75, 3.05) is 0 Å². The maximum atomic E-state index is 9.10. The van der Waals surface area contributed by atoms with Crippen molar-refractivity contribution in [3.8, 4) is 0 Å². The summed E-state index contributed by atoms with van der Waals surface area (Å²) in [5.74, 6) is 2.15. The molecular formula is C10H18N2O2S. The standard InChI is InChI=1S/C10H18N2O2S/c1-7(2)15-6-9-11-10(14-12-9)5-4-8(3)13/h7-8,13H,4-6H2,1-3H3. The van der Waals surface area contributed by atoms with Gasteiger partial charge in [-0.15, -0.1) is 0 Å².